The van der Waals surface area contributed by atoms with Crippen LogP contribution < -0.4 is 0 Å². The highest BCUT2D eigenvalue weighted by Crippen LogP contribution is 2.12. The van der Waals surface area contributed by atoms with Gasteiger partial charge in [0.2, 0.25) is 5.91 Å². The number of rotatable bonds is 3. The van der Waals surface area contributed by atoms with Gasteiger partial charge in [-0.05, 0) is 12.5 Å². The van der Waals surface area contributed by atoms with Gasteiger partial charge in [0.05, 0.1) is 11.8 Å². The minimum Gasteiger partial charge on any atom is -0.472 e. The largest absolute Gasteiger partial charge is 0.472 e. The Labute approximate surface area is 113 Å². The lowest BCUT2D eigenvalue weighted by atomic mass is 10.1. The fraction of sp³-hybridized carbons (Fsp3) is 0.571. The Morgan fingerprint density at radius 1 is 1.26 bits per heavy atom. The van der Waals surface area contributed by atoms with Gasteiger partial charge in [-0.3, -0.25) is 9.59 Å². The highest BCUT2D eigenvalue weighted by Gasteiger charge is 2.26. The van der Waals surface area contributed by atoms with Crippen molar-refractivity contribution < 1.29 is 14.0 Å². The number of hydrogen-bond acceptors (Lipinski definition) is 3. The lowest BCUT2D eigenvalue weighted by Crippen LogP contribution is -2.51. The topological polar surface area (TPSA) is 53.8 Å². The summed E-state index contributed by atoms with van der Waals surface area (Å²) < 4.78 is 4.92. The van der Waals surface area contributed by atoms with E-state index in [-0.39, 0.29) is 17.7 Å². The maximum atomic E-state index is 12.1. The van der Waals surface area contributed by atoms with Crippen LogP contribution in [0.3, 0.4) is 0 Å². The molecular weight excluding hydrogens is 244 g/mol. The summed E-state index contributed by atoms with van der Waals surface area (Å²) in [5.41, 5.74) is 0.571. The molecule has 0 aromatic carbocycles. The van der Waals surface area contributed by atoms with E-state index in [0.717, 1.165) is 6.42 Å². The molecule has 2 heterocycles. The molecule has 1 fully saturated rings. The van der Waals surface area contributed by atoms with Gasteiger partial charge in [-0.15, -0.1) is 0 Å². The number of furan rings is 1. The SMILES string of the molecule is CCC(C)C(=O)N1CCN(C(=O)c2ccoc2)CC1. The number of hydrogen-bond donors (Lipinski definition) is 0. The lowest BCUT2D eigenvalue weighted by molar-refractivity contribution is -0.136. The van der Waals surface area contributed by atoms with Crippen LogP contribution in [0.1, 0.15) is 30.6 Å². The molecule has 5 heteroatoms. The molecular formula is C14H20N2O3. The van der Waals surface area contributed by atoms with Crippen molar-refractivity contribution in [3.8, 4) is 0 Å². The Morgan fingerprint density at radius 2 is 1.89 bits per heavy atom. The summed E-state index contributed by atoms with van der Waals surface area (Å²) in [6, 6.07) is 1.67. The van der Waals surface area contributed by atoms with Crippen LogP contribution in [-0.4, -0.2) is 47.8 Å². The van der Waals surface area contributed by atoms with Crippen LogP contribution in [0.25, 0.3) is 0 Å². The van der Waals surface area contributed by atoms with E-state index in [1.165, 1.54) is 12.5 Å². The smallest absolute Gasteiger partial charge is 0.257 e. The maximum absolute atomic E-state index is 12.1. The molecule has 1 unspecified atom stereocenters. The predicted octanol–water partition coefficient (Wildman–Crippen LogP) is 1.61. The van der Waals surface area contributed by atoms with Crippen molar-refractivity contribution in [2.45, 2.75) is 20.3 Å². The molecule has 1 aliphatic heterocycles. The number of nitrogens with zero attached hydrogens (tertiary/aromatic N) is 2. The van der Waals surface area contributed by atoms with Crippen LogP contribution in [0, 0.1) is 5.92 Å². The van der Waals surface area contributed by atoms with Gasteiger partial charge in [-0.25, -0.2) is 0 Å². The van der Waals surface area contributed by atoms with Gasteiger partial charge in [-0.1, -0.05) is 13.8 Å². The Bertz CT molecular complexity index is 434. The normalized spacial score (nSPS) is 17.4. The van der Waals surface area contributed by atoms with Crippen LogP contribution in [0.4, 0.5) is 0 Å². The second-order valence-corrected chi connectivity index (χ2v) is 4.94. The first kappa shape index (κ1) is 13.6. The highest BCUT2D eigenvalue weighted by atomic mass is 16.3. The molecule has 2 amide bonds. The summed E-state index contributed by atoms with van der Waals surface area (Å²) in [5, 5.41) is 0. The van der Waals surface area contributed by atoms with Crippen molar-refractivity contribution in [3.05, 3.63) is 24.2 Å². The van der Waals surface area contributed by atoms with Crippen molar-refractivity contribution in [3.63, 3.8) is 0 Å². The van der Waals surface area contributed by atoms with Crippen LogP contribution in [0.15, 0.2) is 23.0 Å². The van der Waals surface area contributed by atoms with Gasteiger partial charge in [0, 0.05) is 32.1 Å². The first-order valence-electron chi connectivity index (χ1n) is 6.73. The predicted molar refractivity (Wildman–Crippen MR) is 70.6 cm³/mol. The number of amides is 2. The fourth-order valence-electron chi connectivity index (χ4n) is 2.18. The molecule has 5 nitrogen and oxygen atoms in total. The molecule has 1 aromatic heterocycles. The third-order valence-electron chi connectivity index (χ3n) is 3.68. The molecule has 1 aromatic rings. The fourth-order valence-corrected chi connectivity index (χ4v) is 2.18. The van der Waals surface area contributed by atoms with E-state index in [1.807, 2.05) is 18.7 Å². The van der Waals surface area contributed by atoms with E-state index in [9.17, 15) is 9.59 Å². The average molecular weight is 264 g/mol. The zero-order chi connectivity index (χ0) is 13.8. The summed E-state index contributed by atoms with van der Waals surface area (Å²) in [6.07, 6.45) is 3.81. The maximum Gasteiger partial charge on any atom is 0.257 e. The zero-order valence-corrected chi connectivity index (χ0v) is 11.5. The average Bonchev–Trinajstić information content (AvgIpc) is 2.99. The third kappa shape index (κ3) is 2.97. The van der Waals surface area contributed by atoms with E-state index in [2.05, 4.69) is 0 Å². The second-order valence-electron chi connectivity index (χ2n) is 4.94. The van der Waals surface area contributed by atoms with Gasteiger partial charge in [0.25, 0.3) is 5.91 Å². The summed E-state index contributed by atoms with van der Waals surface area (Å²) in [6.45, 7) is 6.38. The van der Waals surface area contributed by atoms with Gasteiger partial charge < -0.3 is 14.2 Å². The second kappa shape index (κ2) is 5.91. The molecule has 0 radical (unpaired) electrons. The van der Waals surface area contributed by atoms with Crippen molar-refractivity contribution in [1.82, 2.24) is 9.80 Å². The van der Waals surface area contributed by atoms with E-state index in [1.54, 1.807) is 11.0 Å². The van der Waals surface area contributed by atoms with Crippen LogP contribution >= 0.6 is 0 Å². The number of carbonyl (C=O) groups excluding carboxylic acids is 2. The molecule has 0 saturated carbocycles. The third-order valence-corrected chi connectivity index (χ3v) is 3.68. The Hall–Kier alpha value is -1.78. The zero-order valence-electron chi connectivity index (χ0n) is 11.5. The summed E-state index contributed by atoms with van der Waals surface area (Å²) in [4.78, 5) is 27.8. The number of piperazine rings is 1. The van der Waals surface area contributed by atoms with E-state index in [4.69, 9.17) is 4.42 Å². The number of carbonyl (C=O) groups is 2. The quantitative estimate of drug-likeness (QED) is 0.833. The summed E-state index contributed by atoms with van der Waals surface area (Å²) >= 11 is 0. The van der Waals surface area contributed by atoms with Crippen LogP contribution in [0.2, 0.25) is 0 Å². The van der Waals surface area contributed by atoms with Crippen molar-refractivity contribution >= 4 is 11.8 Å². The summed E-state index contributed by atoms with van der Waals surface area (Å²) in [7, 11) is 0. The van der Waals surface area contributed by atoms with Crippen molar-refractivity contribution in [1.29, 1.82) is 0 Å². The standard InChI is InChI=1S/C14H20N2O3/c1-3-11(2)13(17)15-5-7-16(8-6-15)14(18)12-4-9-19-10-12/h4,9-11H,3,5-8H2,1-2H3. The molecule has 0 bridgehead atoms. The molecule has 1 saturated heterocycles. The van der Waals surface area contributed by atoms with Gasteiger partial charge in [0.15, 0.2) is 0 Å². The molecule has 104 valence electrons. The molecule has 19 heavy (non-hydrogen) atoms. The van der Waals surface area contributed by atoms with Crippen molar-refractivity contribution in [2.75, 3.05) is 26.2 Å². The molecule has 1 atom stereocenters. The minimum atomic E-state index is -0.0237. The molecule has 0 aliphatic carbocycles. The van der Waals surface area contributed by atoms with E-state index in [0.29, 0.717) is 31.7 Å². The molecule has 0 N–H and O–H groups in total. The van der Waals surface area contributed by atoms with Gasteiger partial charge in [-0.2, -0.15) is 0 Å². The first-order chi connectivity index (χ1) is 9.13. The van der Waals surface area contributed by atoms with Crippen LogP contribution in [-0.2, 0) is 4.79 Å². The van der Waals surface area contributed by atoms with Crippen LogP contribution in [0.5, 0.6) is 0 Å². The Morgan fingerprint density at radius 3 is 2.42 bits per heavy atom. The van der Waals surface area contributed by atoms with Crippen molar-refractivity contribution in [2.24, 2.45) is 5.92 Å². The van der Waals surface area contributed by atoms with E-state index >= 15 is 0 Å². The Balaban J connectivity index is 1.89. The molecule has 0 spiro atoms. The van der Waals surface area contributed by atoms with Gasteiger partial charge >= 0.3 is 0 Å². The lowest BCUT2D eigenvalue weighted by Gasteiger charge is -2.35. The molecule has 1 aliphatic rings. The first-order valence-corrected chi connectivity index (χ1v) is 6.73. The summed E-state index contributed by atoms with van der Waals surface area (Å²) in [5.74, 6) is 0.235. The monoisotopic (exact) mass is 264 g/mol. The van der Waals surface area contributed by atoms with Gasteiger partial charge in [0.1, 0.15) is 6.26 Å². The minimum absolute atomic E-state index is 0.0237. The Kier molecular flexibility index (Phi) is 4.24. The highest BCUT2D eigenvalue weighted by molar-refractivity contribution is 5.94. The van der Waals surface area contributed by atoms with E-state index < -0.39 is 0 Å². The molecule has 2 rings (SSSR count).